The third-order valence-electron chi connectivity index (χ3n) is 2.58. The second-order valence-corrected chi connectivity index (χ2v) is 3.45. The molecule has 13 heavy (non-hydrogen) atoms. The molecule has 2 heteroatoms. The van der Waals surface area contributed by atoms with Crippen LogP contribution in [0.2, 0.25) is 0 Å². The molecule has 2 rings (SSSR count). The first-order valence-electron chi connectivity index (χ1n) is 4.73. The van der Waals surface area contributed by atoms with Gasteiger partial charge < -0.3 is 10.1 Å². The molecule has 0 spiro atoms. The van der Waals surface area contributed by atoms with E-state index in [4.69, 9.17) is 4.74 Å². The normalized spacial score (nSPS) is 20.5. The molecule has 1 aromatic rings. The van der Waals surface area contributed by atoms with Crippen LogP contribution in [0.25, 0.3) is 0 Å². The molecule has 70 valence electrons. The van der Waals surface area contributed by atoms with Crippen LogP contribution >= 0.6 is 0 Å². The van der Waals surface area contributed by atoms with Crippen LogP contribution < -0.4 is 5.32 Å². The first-order valence-corrected chi connectivity index (χ1v) is 4.73. The van der Waals surface area contributed by atoms with Crippen LogP contribution in [0.4, 0.5) is 5.69 Å². The maximum Gasteiger partial charge on any atom is 0.0532 e. The van der Waals surface area contributed by atoms with Crippen molar-refractivity contribution in [3.05, 3.63) is 29.8 Å². The van der Waals surface area contributed by atoms with E-state index in [-0.39, 0.29) is 0 Å². The fourth-order valence-corrected chi connectivity index (χ4v) is 1.92. The van der Waals surface area contributed by atoms with Gasteiger partial charge in [0.15, 0.2) is 0 Å². The molecule has 1 N–H and O–H groups in total. The van der Waals surface area contributed by atoms with Crippen molar-refractivity contribution in [3.63, 3.8) is 0 Å². The number of hydrogen-bond acceptors (Lipinski definition) is 2. The summed E-state index contributed by atoms with van der Waals surface area (Å²) in [6.07, 6.45) is 1.17. The second-order valence-electron chi connectivity index (χ2n) is 3.45. The highest BCUT2D eigenvalue weighted by atomic mass is 16.5. The fourth-order valence-electron chi connectivity index (χ4n) is 1.92. The van der Waals surface area contributed by atoms with E-state index in [1.807, 2.05) is 0 Å². The minimum absolute atomic E-state index is 0.572. The number of para-hydroxylation sites is 1. The average molecular weight is 177 g/mol. The zero-order valence-corrected chi connectivity index (χ0v) is 7.92. The van der Waals surface area contributed by atoms with Gasteiger partial charge in [-0.3, -0.25) is 0 Å². The number of rotatable bonds is 2. The van der Waals surface area contributed by atoms with Crippen LogP contribution in [0.1, 0.15) is 17.9 Å². The third-order valence-corrected chi connectivity index (χ3v) is 2.58. The largest absolute Gasteiger partial charge is 0.385 e. The fraction of sp³-hybridized carbons (Fsp3) is 0.455. The van der Waals surface area contributed by atoms with Gasteiger partial charge in [-0.05, 0) is 18.1 Å². The van der Waals surface area contributed by atoms with Crippen molar-refractivity contribution in [2.24, 2.45) is 0 Å². The zero-order valence-electron chi connectivity index (χ0n) is 7.92. The van der Waals surface area contributed by atoms with Crippen molar-refractivity contribution < 1.29 is 4.74 Å². The van der Waals surface area contributed by atoms with E-state index in [1.165, 1.54) is 17.7 Å². The summed E-state index contributed by atoms with van der Waals surface area (Å²) in [6, 6.07) is 8.48. The van der Waals surface area contributed by atoms with Crippen molar-refractivity contribution in [2.45, 2.75) is 12.3 Å². The van der Waals surface area contributed by atoms with Gasteiger partial charge in [-0.25, -0.2) is 0 Å². The third kappa shape index (κ3) is 1.68. The van der Waals surface area contributed by atoms with Gasteiger partial charge in [0.2, 0.25) is 0 Å². The van der Waals surface area contributed by atoms with E-state index in [0.29, 0.717) is 5.92 Å². The number of nitrogens with one attached hydrogen (secondary N) is 1. The summed E-state index contributed by atoms with van der Waals surface area (Å²) < 4.78 is 5.21. The Morgan fingerprint density at radius 2 is 2.31 bits per heavy atom. The van der Waals surface area contributed by atoms with Crippen molar-refractivity contribution in [3.8, 4) is 0 Å². The van der Waals surface area contributed by atoms with Crippen LogP contribution in [-0.4, -0.2) is 20.3 Å². The molecule has 1 aliphatic heterocycles. The van der Waals surface area contributed by atoms with Gasteiger partial charge in [-0.15, -0.1) is 0 Å². The van der Waals surface area contributed by atoms with Crippen LogP contribution in [-0.2, 0) is 4.74 Å². The molecule has 1 aliphatic rings. The monoisotopic (exact) mass is 177 g/mol. The maximum atomic E-state index is 5.21. The highest BCUT2D eigenvalue weighted by Crippen LogP contribution is 2.30. The molecule has 1 unspecified atom stereocenters. The summed E-state index contributed by atoms with van der Waals surface area (Å²) in [7, 11) is 1.77. The molecular weight excluding hydrogens is 162 g/mol. The van der Waals surface area contributed by atoms with E-state index in [9.17, 15) is 0 Å². The standard InChI is InChI=1S/C11H15NO/c1-13-8-9-6-7-12-11-5-3-2-4-10(9)11/h2-5,9,12H,6-8H2,1H3. The highest BCUT2D eigenvalue weighted by Gasteiger charge is 2.18. The Balaban J connectivity index is 2.26. The lowest BCUT2D eigenvalue weighted by Gasteiger charge is -2.25. The molecule has 0 amide bonds. The molecule has 1 atom stereocenters. The molecule has 1 heterocycles. The predicted octanol–water partition coefficient (Wildman–Crippen LogP) is 2.23. The quantitative estimate of drug-likeness (QED) is 0.748. The van der Waals surface area contributed by atoms with E-state index < -0.39 is 0 Å². The number of ether oxygens (including phenoxy) is 1. The van der Waals surface area contributed by atoms with Gasteiger partial charge in [0.25, 0.3) is 0 Å². The van der Waals surface area contributed by atoms with Crippen LogP contribution in [0.3, 0.4) is 0 Å². The minimum Gasteiger partial charge on any atom is -0.385 e. The number of hydrogen-bond donors (Lipinski definition) is 1. The molecular formula is C11H15NO. The zero-order chi connectivity index (χ0) is 9.10. The Morgan fingerprint density at radius 3 is 3.15 bits per heavy atom. The van der Waals surface area contributed by atoms with Gasteiger partial charge >= 0.3 is 0 Å². The molecule has 0 aromatic heterocycles. The second kappa shape index (κ2) is 3.79. The summed E-state index contributed by atoms with van der Waals surface area (Å²) in [5.74, 6) is 0.572. The van der Waals surface area contributed by atoms with Crippen molar-refractivity contribution in [2.75, 3.05) is 25.6 Å². The van der Waals surface area contributed by atoms with Gasteiger partial charge in [0, 0.05) is 25.3 Å². The van der Waals surface area contributed by atoms with Crippen LogP contribution in [0.5, 0.6) is 0 Å². The Kier molecular flexibility index (Phi) is 2.50. The highest BCUT2D eigenvalue weighted by molar-refractivity contribution is 5.54. The number of benzene rings is 1. The Labute approximate surface area is 78.9 Å². The molecule has 0 saturated carbocycles. The molecule has 0 bridgehead atoms. The van der Waals surface area contributed by atoms with E-state index in [1.54, 1.807) is 7.11 Å². The summed E-state index contributed by atoms with van der Waals surface area (Å²) in [6.45, 7) is 1.89. The number of methoxy groups -OCH3 is 1. The first kappa shape index (κ1) is 8.57. The van der Waals surface area contributed by atoms with E-state index in [2.05, 4.69) is 29.6 Å². The summed E-state index contributed by atoms with van der Waals surface area (Å²) in [5.41, 5.74) is 2.67. The SMILES string of the molecule is COCC1CCNc2ccccc21. The van der Waals surface area contributed by atoms with Gasteiger partial charge in [0.05, 0.1) is 6.61 Å². The Morgan fingerprint density at radius 1 is 1.46 bits per heavy atom. The van der Waals surface area contributed by atoms with E-state index >= 15 is 0 Å². The minimum atomic E-state index is 0.572. The maximum absolute atomic E-state index is 5.21. The Bertz CT molecular complexity index is 285. The molecule has 2 nitrogen and oxygen atoms in total. The topological polar surface area (TPSA) is 21.3 Å². The average Bonchev–Trinajstić information content (AvgIpc) is 2.19. The van der Waals surface area contributed by atoms with Crippen molar-refractivity contribution in [1.82, 2.24) is 0 Å². The molecule has 0 aliphatic carbocycles. The number of fused-ring (bicyclic) bond motifs is 1. The summed E-state index contributed by atoms with van der Waals surface area (Å²) >= 11 is 0. The lowest BCUT2D eigenvalue weighted by molar-refractivity contribution is 0.176. The molecule has 1 aromatic carbocycles. The molecule has 0 radical (unpaired) electrons. The summed E-state index contributed by atoms with van der Waals surface area (Å²) in [5, 5.41) is 3.40. The van der Waals surface area contributed by atoms with Crippen LogP contribution in [0.15, 0.2) is 24.3 Å². The van der Waals surface area contributed by atoms with Gasteiger partial charge in [0.1, 0.15) is 0 Å². The van der Waals surface area contributed by atoms with Crippen molar-refractivity contribution >= 4 is 5.69 Å². The van der Waals surface area contributed by atoms with Gasteiger partial charge in [-0.1, -0.05) is 18.2 Å². The molecule has 0 fully saturated rings. The first-order chi connectivity index (χ1) is 6.42. The van der Waals surface area contributed by atoms with E-state index in [0.717, 1.165) is 13.2 Å². The van der Waals surface area contributed by atoms with Crippen molar-refractivity contribution in [1.29, 1.82) is 0 Å². The lowest BCUT2D eigenvalue weighted by atomic mass is 9.92. The van der Waals surface area contributed by atoms with Crippen LogP contribution in [0, 0.1) is 0 Å². The summed E-state index contributed by atoms with van der Waals surface area (Å²) in [4.78, 5) is 0. The Hall–Kier alpha value is -1.02. The molecule has 0 saturated heterocycles. The lowest BCUT2D eigenvalue weighted by Crippen LogP contribution is -2.19. The van der Waals surface area contributed by atoms with Gasteiger partial charge in [-0.2, -0.15) is 0 Å². The smallest absolute Gasteiger partial charge is 0.0532 e. The number of anilines is 1. The predicted molar refractivity (Wildman–Crippen MR) is 54.2 cm³/mol.